The molecule has 1 aliphatic heterocycles. The van der Waals surface area contributed by atoms with Gasteiger partial charge in [0, 0.05) is 12.5 Å². The van der Waals surface area contributed by atoms with Crippen LogP contribution in [0.5, 0.6) is 0 Å². The highest BCUT2D eigenvalue weighted by molar-refractivity contribution is 5.84. The Bertz CT molecular complexity index is 905. The van der Waals surface area contributed by atoms with Gasteiger partial charge in [-0.3, -0.25) is 0 Å². The Morgan fingerprint density at radius 1 is 1.26 bits per heavy atom. The lowest BCUT2D eigenvalue weighted by molar-refractivity contribution is -0.137. The number of piperidine rings is 1. The minimum atomic E-state index is -4.39. The van der Waals surface area contributed by atoms with Gasteiger partial charge in [0.2, 0.25) is 0 Å². The van der Waals surface area contributed by atoms with Crippen molar-refractivity contribution in [3.63, 3.8) is 0 Å². The molecule has 3 atom stereocenters. The molecule has 0 aromatic heterocycles. The smallest absolute Gasteiger partial charge is 0.411 e. The molecule has 0 radical (unpaired) electrons. The number of hydrogen-bond donors (Lipinski definition) is 2. The fraction of sp³-hybridized carbons (Fsp3) is 0.458. The van der Waals surface area contributed by atoms with Gasteiger partial charge in [0.25, 0.3) is 0 Å². The van der Waals surface area contributed by atoms with Gasteiger partial charge in [-0.2, -0.15) is 13.2 Å². The molecule has 2 aromatic carbocycles. The minimum absolute atomic E-state index is 0.130. The number of rotatable bonds is 6. The van der Waals surface area contributed by atoms with Crippen LogP contribution in [0.25, 0.3) is 0 Å². The fourth-order valence-electron chi connectivity index (χ4n) is 4.15. The van der Waals surface area contributed by atoms with E-state index in [-0.39, 0.29) is 5.92 Å². The van der Waals surface area contributed by atoms with Crippen LogP contribution in [-0.4, -0.2) is 24.1 Å². The number of hydrogen-bond acceptors (Lipinski definition) is 4. The second kappa shape index (κ2) is 9.40. The van der Waals surface area contributed by atoms with E-state index in [1.165, 1.54) is 0 Å². The lowest BCUT2D eigenvalue weighted by atomic mass is 9.78. The summed E-state index contributed by atoms with van der Waals surface area (Å²) in [6.45, 7) is 6.18. The highest BCUT2D eigenvalue weighted by Gasteiger charge is 2.38. The van der Waals surface area contributed by atoms with Crippen LogP contribution in [0.4, 0.5) is 13.2 Å². The molecular formula is C24H29F3N2O2. The van der Waals surface area contributed by atoms with Crippen LogP contribution in [0, 0.1) is 12.8 Å². The van der Waals surface area contributed by atoms with Crippen LogP contribution in [-0.2, 0) is 16.5 Å². The first-order chi connectivity index (χ1) is 14.6. The van der Waals surface area contributed by atoms with E-state index in [1.54, 1.807) is 26.8 Å². The third kappa shape index (κ3) is 5.46. The molecule has 1 fully saturated rings. The zero-order chi connectivity index (χ0) is 22.6. The molecular weight excluding hydrogens is 405 g/mol. The molecule has 2 aromatic rings. The van der Waals surface area contributed by atoms with Crippen molar-refractivity contribution < 1.29 is 23.1 Å². The molecule has 3 rings (SSSR count). The lowest BCUT2D eigenvalue weighted by Crippen LogP contribution is -2.53. The molecule has 0 amide bonds. The molecule has 7 heteroatoms. The minimum Gasteiger partial charge on any atom is -0.411 e. The number of benzene rings is 2. The highest BCUT2D eigenvalue weighted by atomic mass is 19.4. The predicted molar refractivity (Wildman–Crippen MR) is 114 cm³/mol. The zero-order valence-electron chi connectivity index (χ0n) is 18.0. The summed E-state index contributed by atoms with van der Waals surface area (Å²) in [6, 6.07) is 14.0. The first kappa shape index (κ1) is 23.3. The van der Waals surface area contributed by atoms with Gasteiger partial charge in [-0.15, -0.1) is 0 Å². The van der Waals surface area contributed by atoms with E-state index in [0.29, 0.717) is 30.0 Å². The quantitative estimate of drug-likeness (QED) is 0.341. The van der Waals surface area contributed by atoms with E-state index in [1.807, 2.05) is 30.3 Å². The standard InChI is InChI=1S/C24H29F3N2O2/c1-16-11-20(13-22(12-16)24(25,26)27)18(3)31-15-23(21-7-5-4-6-8-21)10-9-19(14-28-23)17(2)29-30/h4-8,11-13,18-19,28,30H,9-10,14-15H2,1-3H3/b29-17-/t18-,19?,23-/m1/s1. The van der Waals surface area contributed by atoms with Crippen LogP contribution >= 0.6 is 0 Å². The molecule has 1 saturated heterocycles. The first-order valence-corrected chi connectivity index (χ1v) is 10.4. The Hall–Kier alpha value is -2.38. The van der Waals surface area contributed by atoms with Crippen molar-refractivity contribution in [2.45, 2.75) is 51.4 Å². The molecule has 1 unspecified atom stereocenters. The lowest BCUT2D eigenvalue weighted by Gasteiger charge is -2.42. The van der Waals surface area contributed by atoms with Crippen molar-refractivity contribution in [2.75, 3.05) is 13.2 Å². The van der Waals surface area contributed by atoms with E-state index in [4.69, 9.17) is 9.94 Å². The topological polar surface area (TPSA) is 53.9 Å². The monoisotopic (exact) mass is 434 g/mol. The average Bonchev–Trinajstić information content (AvgIpc) is 2.77. The maximum absolute atomic E-state index is 13.2. The van der Waals surface area contributed by atoms with Gasteiger partial charge < -0.3 is 15.3 Å². The van der Waals surface area contributed by atoms with Gasteiger partial charge in [-0.25, -0.2) is 0 Å². The van der Waals surface area contributed by atoms with E-state index >= 15 is 0 Å². The number of alkyl halides is 3. The molecule has 0 bridgehead atoms. The molecule has 1 aliphatic rings. The summed E-state index contributed by atoms with van der Waals surface area (Å²) in [4.78, 5) is 0. The van der Waals surface area contributed by atoms with E-state index in [2.05, 4.69) is 10.5 Å². The van der Waals surface area contributed by atoms with Crippen molar-refractivity contribution in [1.29, 1.82) is 0 Å². The Balaban J connectivity index is 1.80. The molecule has 2 N–H and O–H groups in total. The second-order valence-electron chi connectivity index (χ2n) is 8.39. The zero-order valence-corrected chi connectivity index (χ0v) is 18.0. The largest absolute Gasteiger partial charge is 0.416 e. The SMILES string of the molecule is C/C(=N/O)C1CC[C@@](CO[C@H](C)c2cc(C)cc(C(F)(F)F)c2)(c2ccccc2)NC1. The normalized spacial score (nSPS) is 23.5. The number of nitrogens with one attached hydrogen (secondary N) is 1. The van der Waals surface area contributed by atoms with Gasteiger partial charge in [-0.1, -0.05) is 47.1 Å². The van der Waals surface area contributed by atoms with Crippen LogP contribution < -0.4 is 5.32 Å². The first-order valence-electron chi connectivity index (χ1n) is 10.4. The number of nitrogens with zero attached hydrogens (tertiary/aromatic N) is 1. The maximum Gasteiger partial charge on any atom is 0.416 e. The Kier molecular flexibility index (Phi) is 7.06. The van der Waals surface area contributed by atoms with E-state index in [0.717, 1.165) is 30.5 Å². The summed E-state index contributed by atoms with van der Waals surface area (Å²) in [5.74, 6) is 0.130. The van der Waals surface area contributed by atoms with Crippen molar-refractivity contribution >= 4 is 5.71 Å². The highest BCUT2D eigenvalue weighted by Crippen LogP contribution is 2.36. The number of halogens is 3. The molecule has 1 heterocycles. The van der Waals surface area contributed by atoms with E-state index in [9.17, 15) is 13.2 Å². The molecule has 0 spiro atoms. The maximum atomic E-state index is 13.2. The second-order valence-corrected chi connectivity index (χ2v) is 8.39. The fourth-order valence-corrected chi connectivity index (χ4v) is 4.15. The van der Waals surface area contributed by atoms with E-state index < -0.39 is 23.4 Å². The molecule has 4 nitrogen and oxygen atoms in total. The Morgan fingerprint density at radius 3 is 2.55 bits per heavy atom. The van der Waals surface area contributed by atoms with Gasteiger partial charge >= 0.3 is 6.18 Å². The van der Waals surface area contributed by atoms with Crippen LogP contribution in [0.1, 0.15) is 55.0 Å². The summed E-state index contributed by atoms with van der Waals surface area (Å²) >= 11 is 0. The summed E-state index contributed by atoms with van der Waals surface area (Å²) in [5.41, 5.74) is 1.69. The Morgan fingerprint density at radius 2 is 1.97 bits per heavy atom. The average molecular weight is 435 g/mol. The number of oxime groups is 1. The third-order valence-corrected chi connectivity index (χ3v) is 6.16. The van der Waals surface area contributed by atoms with Crippen molar-refractivity contribution in [3.05, 3.63) is 70.8 Å². The van der Waals surface area contributed by atoms with Gasteiger partial charge in [0.15, 0.2) is 0 Å². The molecule has 168 valence electrons. The van der Waals surface area contributed by atoms with Crippen molar-refractivity contribution in [1.82, 2.24) is 5.32 Å². The Labute approximate surface area is 181 Å². The molecule has 31 heavy (non-hydrogen) atoms. The summed E-state index contributed by atoms with van der Waals surface area (Å²) < 4.78 is 45.8. The van der Waals surface area contributed by atoms with Gasteiger partial charge in [-0.05, 0) is 56.9 Å². The predicted octanol–water partition coefficient (Wildman–Crippen LogP) is 5.84. The molecule has 0 saturated carbocycles. The number of ether oxygens (including phenoxy) is 1. The summed E-state index contributed by atoms with van der Waals surface area (Å²) in [7, 11) is 0. The summed E-state index contributed by atoms with van der Waals surface area (Å²) in [6.07, 6.45) is -3.32. The summed E-state index contributed by atoms with van der Waals surface area (Å²) in [5, 5.41) is 16.0. The van der Waals surface area contributed by atoms with Crippen LogP contribution in [0.2, 0.25) is 0 Å². The number of aryl methyl sites for hydroxylation is 1. The van der Waals surface area contributed by atoms with Crippen LogP contribution in [0.15, 0.2) is 53.7 Å². The van der Waals surface area contributed by atoms with Gasteiger partial charge in [0.05, 0.1) is 29.5 Å². The van der Waals surface area contributed by atoms with Crippen molar-refractivity contribution in [2.24, 2.45) is 11.1 Å². The molecule has 0 aliphatic carbocycles. The van der Waals surface area contributed by atoms with Crippen molar-refractivity contribution in [3.8, 4) is 0 Å². The third-order valence-electron chi connectivity index (χ3n) is 6.16. The van der Waals surface area contributed by atoms with Gasteiger partial charge in [0.1, 0.15) is 0 Å². The van der Waals surface area contributed by atoms with Crippen LogP contribution in [0.3, 0.4) is 0 Å².